The van der Waals surface area contributed by atoms with Crippen molar-refractivity contribution in [2.75, 3.05) is 13.7 Å². The Labute approximate surface area is 137 Å². The first-order valence-electron chi connectivity index (χ1n) is 6.97. The van der Waals surface area contributed by atoms with Crippen molar-refractivity contribution in [3.63, 3.8) is 0 Å². The van der Waals surface area contributed by atoms with Crippen LogP contribution >= 0.6 is 15.9 Å². The molecule has 114 valence electrons. The summed E-state index contributed by atoms with van der Waals surface area (Å²) in [6.07, 6.45) is -0.356. The average molecular weight is 362 g/mol. The van der Waals surface area contributed by atoms with Crippen LogP contribution in [0.15, 0.2) is 53.0 Å². The molecule has 5 heteroatoms. The molecule has 1 aliphatic rings. The van der Waals surface area contributed by atoms with E-state index in [4.69, 9.17) is 9.47 Å². The summed E-state index contributed by atoms with van der Waals surface area (Å²) in [5.41, 5.74) is 2.00. The van der Waals surface area contributed by atoms with Gasteiger partial charge >= 0.3 is 0 Å². The van der Waals surface area contributed by atoms with Crippen LogP contribution in [0.4, 0.5) is 0 Å². The maximum atomic E-state index is 12.2. The number of amides is 1. The fourth-order valence-corrected chi connectivity index (χ4v) is 2.97. The van der Waals surface area contributed by atoms with E-state index in [0.717, 1.165) is 21.3 Å². The molecule has 0 radical (unpaired) electrons. The zero-order valence-electron chi connectivity index (χ0n) is 12.2. The Morgan fingerprint density at radius 1 is 1.23 bits per heavy atom. The molecule has 0 aromatic heterocycles. The Kier molecular flexibility index (Phi) is 4.45. The number of carbonyl (C=O) groups excluding carboxylic acids is 1. The Morgan fingerprint density at radius 3 is 2.64 bits per heavy atom. The van der Waals surface area contributed by atoms with Crippen molar-refractivity contribution in [1.29, 1.82) is 0 Å². The Hall–Kier alpha value is -1.85. The minimum Gasteiger partial charge on any atom is -0.497 e. The summed E-state index contributed by atoms with van der Waals surface area (Å²) in [6.45, 7) is 0.622. The predicted molar refractivity (Wildman–Crippen MR) is 86.4 cm³/mol. The van der Waals surface area contributed by atoms with Crippen molar-refractivity contribution in [3.05, 3.63) is 64.1 Å². The number of nitrogens with zero attached hydrogens (tertiary/aromatic N) is 1. The Balaban J connectivity index is 1.83. The van der Waals surface area contributed by atoms with Crippen molar-refractivity contribution >= 4 is 21.8 Å². The predicted octanol–water partition coefficient (Wildman–Crippen LogP) is 3.52. The van der Waals surface area contributed by atoms with Gasteiger partial charge in [-0.25, -0.2) is 0 Å². The molecule has 0 aliphatic carbocycles. The topological polar surface area (TPSA) is 38.8 Å². The van der Waals surface area contributed by atoms with Crippen LogP contribution < -0.4 is 4.74 Å². The van der Waals surface area contributed by atoms with Gasteiger partial charge in [0.05, 0.1) is 7.11 Å². The molecule has 1 heterocycles. The van der Waals surface area contributed by atoms with Gasteiger partial charge in [-0.05, 0) is 23.8 Å². The molecule has 4 nitrogen and oxygen atoms in total. The van der Waals surface area contributed by atoms with Gasteiger partial charge in [-0.1, -0.05) is 46.3 Å². The highest BCUT2D eigenvalue weighted by atomic mass is 79.9. The summed E-state index contributed by atoms with van der Waals surface area (Å²) in [4.78, 5) is 13.9. The molecule has 2 aromatic carbocycles. The SMILES string of the molecule is COc1ccc(CN2C(=O)COC2c2ccccc2Br)cc1. The second kappa shape index (κ2) is 6.50. The van der Waals surface area contributed by atoms with Crippen molar-refractivity contribution < 1.29 is 14.3 Å². The zero-order valence-corrected chi connectivity index (χ0v) is 13.7. The van der Waals surface area contributed by atoms with E-state index in [1.807, 2.05) is 48.5 Å². The van der Waals surface area contributed by atoms with Gasteiger partial charge in [0.25, 0.3) is 5.91 Å². The molecule has 22 heavy (non-hydrogen) atoms. The second-order valence-electron chi connectivity index (χ2n) is 5.05. The lowest BCUT2D eigenvalue weighted by Gasteiger charge is -2.24. The molecule has 3 rings (SSSR count). The van der Waals surface area contributed by atoms with Crippen LogP contribution in [0, 0.1) is 0 Å². The lowest BCUT2D eigenvalue weighted by Crippen LogP contribution is -2.28. The fraction of sp³-hybridized carbons (Fsp3) is 0.235. The highest BCUT2D eigenvalue weighted by Gasteiger charge is 2.34. The fourth-order valence-electron chi connectivity index (χ4n) is 2.49. The summed E-state index contributed by atoms with van der Waals surface area (Å²) in [7, 11) is 1.63. The smallest absolute Gasteiger partial charge is 0.251 e. The number of benzene rings is 2. The number of ether oxygens (including phenoxy) is 2. The first-order valence-corrected chi connectivity index (χ1v) is 7.77. The summed E-state index contributed by atoms with van der Waals surface area (Å²) in [5, 5.41) is 0. The monoisotopic (exact) mass is 361 g/mol. The van der Waals surface area contributed by atoms with Gasteiger partial charge in [0.2, 0.25) is 0 Å². The highest BCUT2D eigenvalue weighted by molar-refractivity contribution is 9.10. The summed E-state index contributed by atoms with van der Waals surface area (Å²) in [5.74, 6) is 0.798. The number of hydrogen-bond donors (Lipinski definition) is 0. The molecule has 0 saturated carbocycles. The van der Waals surface area contributed by atoms with Crippen LogP contribution in [0.1, 0.15) is 17.4 Å². The minimum absolute atomic E-state index is 0.00317. The third kappa shape index (κ3) is 3.00. The molecular formula is C17H16BrNO3. The Bertz CT molecular complexity index is 672. The molecule has 1 aliphatic heterocycles. The van der Waals surface area contributed by atoms with E-state index in [1.165, 1.54) is 0 Å². The van der Waals surface area contributed by atoms with Crippen molar-refractivity contribution in [2.45, 2.75) is 12.8 Å². The molecular weight excluding hydrogens is 346 g/mol. The second-order valence-corrected chi connectivity index (χ2v) is 5.91. The van der Waals surface area contributed by atoms with Gasteiger partial charge in [-0.2, -0.15) is 0 Å². The first-order chi connectivity index (χ1) is 10.7. The van der Waals surface area contributed by atoms with Gasteiger partial charge < -0.3 is 14.4 Å². The van der Waals surface area contributed by atoms with Gasteiger partial charge in [-0.15, -0.1) is 0 Å². The average Bonchev–Trinajstić information content (AvgIpc) is 2.90. The number of halogens is 1. The molecule has 0 bridgehead atoms. The number of carbonyl (C=O) groups is 1. The van der Waals surface area contributed by atoms with E-state index in [9.17, 15) is 4.79 Å². The van der Waals surface area contributed by atoms with Crippen LogP contribution in [0.2, 0.25) is 0 Å². The van der Waals surface area contributed by atoms with Gasteiger partial charge in [0.15, 0.2) is 6.23 Å². The lowest BCUT2D eigenvalue weighted by atomic mass is 10.1. The lowest BCUT2D eigenvalue weighted by molar-refractivity contribution is -0.128. The maximum absolute atomic E-state index is 12.2. The van der Waals surface area contributed by atoms with Crippen LogP contribution in [0.3, 0.4) is 0 Å². The summed E-state index contributed by atoms with van der Waals surface area (Å²) >= 11 is 3.52. The van der Waals surface area contributed by atoms with Gasteiger partial charge in [-0.3, -0.25) is 4.79 Å². The van der Waals surface area contributed by atoms with Crippen LogP contribution in [-0.2, 0) is 16.1 Å². The first kappa shape index (κ1) is 15.1. The van der Waals surface area contributed by atoms with Crippen molar-refractivity contribution in [3.8, 4) is 5.75 Å². The minimum atomic E-state index is -0.356. The van der Waals surface area contributed by atoms with E-state index >= 15 is 0 Å². The summed E-state index contributed by atoms with van der Waals surface area (Å²) < 4.78 is 11.8. The van der Waals surface area contributed by atoms with E-state index in [0.29, 0.717) is 6.54 Å². The third-order valence-corrected chi connectivity index (χ3v) is 4.37. The molecule has 0 spiro atoms. The number of methoxy groups -OCH3 is 1. The standard InChI is InChI=1S/C17H16BrNO3/c1-21-13-8-6-12(7-9-13)10-19-16(20)11-22-17(19)14-4-2-3-5-15(14)18/h2-9,17H,10-11H2,1H3. The summed E-state index contributed by atoms with van der Waals surface area (Å²) in [6, 6.07) is 15.5. The van der Waals surface area contributed by atoms with Crippen LogP contribution in [0.25, 0.3) is 0 Å². The van der Waals surface area contributed by atoms with E-state index in [1.54, 1.807) is 12.0 Å². The normalized spacial score (nSPS) is 17.8. The molecule has 1 saturated heterocycles. The molecule has 1 fully saturated rings. The molecule has 2 aromatic rings. The molecule has 0 N–H and O–H groups in total. The molecule has 1 atom stereocenters. The van der Waals surface area contributed by atoms with Gasteiger partial charge in [0.1, 0.15) is 12.4 Å². The van der Waals surface area contributed by atoms with Crippen LogP contribution in [-0.4, -0.2) is 24.5 Å². The number of rotatable bonds is 4. The largest absolute Gasteiger partial charge is 0.497 e. The van der Waals surface area contributed by atoms with Crippen LogP contribution in [0.5, 0.6) is 5.75 Å². The van der Waals surface area contributed by atoms with Crippen molar-refractivity contribution in [1.82, 2.24) is 4.90 Å². The van der Waals surface area contributed by atoms with Crippen molar-refractivity contribution in [2.24, 2.45) is 0 Å². The van der Waals surface area contributed by atoms with E-state index in [2.05, 4.69) is 15.9 Å². The maximum Gasteiger partial charge on any atom is 0.251 e. The molecule has 1 unspecified atom stereocenters. The quantitative estimate of drug-likeness (QED) is 0.836. The third-order valence-electron chi connectivity index (χ3n) is 3.65. The number of hydrogen-bond acceptors (Lipinski definition) is 3. The van der Waals surface area contributed by atoms with Gasteiger partial charge in [0, 0.05) is 16.6 Å². The molecule has 1 amide bonds. The Morgan fingerprint density at radius 2 is 1.95 bits per heavy atom. The zero-order chi connectivity index (χ0) is 15.5. The van der Waals surface area contributed by atoms with E-state index < -0.39 is 0 Å². The highest BCUT2D eigenvalue weighted by Crippen LogP contribution is 2.33. The van der Waals surface area contributed by atoms with E-state index in [-0.39, 0.29) is 18.7 Å².